The molecule has 1 heterocycles. The predicted molar refractivity (Wildman–Crippen MR) is 93.0 cm³/mol. The van der Waals surface area contributed by atoms with Crippen LogP contribution in [-0.2, 0) is 23.1 Å². The molecule has 2 N–H and O–H groups in total. The van der Waals surface area contributed by atoms with Crippen LogP contribution in [0.25, 0.3) is 0 Å². The molecule has 0 radical (unpaired) electrons. The van der Waals surface area contributed by atoms with Crippen molar-refractivity contribution < 1.29 is 14.4 Å². The Balaban J connectivity index is 1.96. The Morgan fingerprint density at radius 3 is 2.48 bits per heavy atom. The Morgan fingerprint density at radius 1 is 1.16 bits per heavy atom. The van der Waals surface area contributed by atoms with Crippen molar-refractivity contribution in [2.45, 2.75) is 6.42 Å². The van der Waals surface area contributed by atoms with E-state index >= 15 is 0 Å². The fourth-order valence-electron chi connectivity index (χ4n) is 2.07. The predicted octanol–water partition coefficient (Wildman–Crippen LogP) is 0.419. The lowest BCUT2D eigenvalue weighted by Crippen LogP contribution is -2.36. The van der Waals surface area contributed by atoms with Gasteiger partial charge in [0.05, 0.1) is 13.0 Å². The number of nitrogens with zero attached hydrogens (tertiary/aromatic N) is 3. The molecule has 0 saturated carbocycles. The van der Waals surface area contributed by atoms with Gasteiger partial charge in [0, 0.05) is 27.2 Å². The topological polar surface area (TPSA) is 96.3 Å². The van der Waals surface area contributed by atoms with E-state index in [0.717, 1.165) is 5.56 Å². The smallest absolute Gasteiger partial charge is 0.272 e. The first-order valence-corrected chi connectivity index (χ1v) is 7.73. The Labute approximate surface area is 145 Å². The van der Waals surface area contributed by atoms with E-state index in [-0.39, 0.29) is 30.5 Å². The molecule has 25 heavy (non-hydrogen) atoms. The van der Waals surface area contributed by atoms with E-state index in [1.54, 1.807) is 21.1 Å². The van der Waals surface area contributed by atoms with Gasteiger partial charge in [0.15, 0.2) is 5.69 Å². The van der Waals surface area contributed by atoms with Gasteiger partial charge in [0.1, 0.15) is 5.82 Å². The molecule has 0 aliphatic rings. The minimum atomic E-state index is -0.477. The van der Waals surface area contributed by atoms with Crippen LogP contribution in [0.1, 0.15) is 16.1 Å². The summed E-state index contributed by atoms with van der Waals surface area (Å²) in [7, 11) is 4.84. The van der Waals surface area contributed by atoms with E-state index in [9.17, 15) is 14.4 Å². The van der Waals surface area contributed by atoms with E-state index < -0.39 is 5.91 Å². The zero-order valence-corrected chi connectivity index (χ0v) is 14.4. The molecule has 0 aliphatic heterocycles. The molecule has 8 nitrogen and oxygen atoms in total. The third kappa shape index (κ3) is 5.17. The van der Waals surface area contributed by atoms with Gasteiger partial charge in [-0.2, -0.15) is 5.10 Å². The van der Waals surface area contributed by atoms with Crippen LogP contribution < -0.4 is 10.6 Å². The number of amides is 3. The number of anilines is 1. The second kappa shape index (κ2) is 8.09. The number of hydrogen-bond donors (Lipinski definition) is 2. The molecular formula is C17H21N5O3. The summed E-state index contributed by atoms with van der Waals surface area (Å²) in [5, 5.41) is 9.28. The molecule has 2 aromatic rings. The zero-order chi connectivity index (χ0) is 18.4. The molecule has 0 saturated heterocycles. The van der Waals surface area contributed by atoms with E-state index in [1.807, 2.05) is 30.3 Å². The monoisotopic (exact) mass is 343 g/mol. The molecule has 0 spiro atoms. The summed E-state index contributed by atoms with van der Waals surface area (Å²) < 4.78 is 1.41. The molecule has 0 fully saturated rings. The van der Waals surface area contributed by atoms with E-state index in [4.69, 9.17) is 0 Å². The summed E-state index contributed by atoms with van der Waals surface area (Å²) in [6, 6.07) is 10.8. The summed E-state index contributed by atoms with van der Waals surface area (Å²) in [6.45, 7) is -0.113. The first-order valence-electron chi connectivity index (χ1n) is 7.73. The van der Waals surface area contributed by atoms with Crippen LogP contribution in [0.3, 0.4) is 0 Å². The summed E-state index contributed by atoms with van der Waals surface area (Å²) in [5.41, 5.74) is 1.02. The molecule has 0 bridgehead atoms. The molecule has 1 aromatic carbocycles. The number of benzene rings is 1. The van der Waals surface area contributed by atoms with Gasteiger partial charge < -0.3 is 15.5 Å². The molecule has 1 aromatic heterocycles. The highest BCUT2D eigenvalue weighted by atomic mass is 16.2. The average Bonchev–Trinajstić information content (AvgIpc) is 2.93. The molecule has 8 heteroatoms. The van der Waals surface area contributed by atoms with Gasteiger partial charge in [0.25, 0.3) is 5.91 Å². The molecule has 132 valence electrons. The van der Waals surface area contributed by atoms with Crippen LogP contribution in [0.2, 0.25) is 0 Å². The minimum Gasteiger partial charge on any atom is -0.347 e. The van der Waals surface area contributed by atoms with Crippen LogP contribution in [-0.4, -0.2) is 53.0 Å². The van der Waals surface area contributed by atoms with E-state index in [0.29, 0.717) is 5.82 Å². The Hall–Kier alpha value is -3.16. The molecule has 0 aliphatic carbocycles. The third-order valence-electron chi connectivity index (χ3n) is 3.49. The second-order valence-electron chi connectivity index (χ2n) is 5.72. The van der Waals surface area contributed by atoms with E-state index in [2.05, 4.69) is 15.7 Å². The summed E-state index contributed by atoms with van der Waals surface area (Å²) in [6.07, 6.45) is 0.227. The van der Waals surface area contributed by atoms with Crippen LogP contribution >= 0.6 is 0 Å². The zero-order valence-electron chi connectivity index (χ0n) is 14.4. The van der Waals surface area contributed by atoms with Crippen LogP contribution in [0.15, 0.2) is 36.4 Å². The number of aromatic nitrogens is 2. The molecular weight excluding hydrogens is 322 g/mol. The molecule has 0 unspecified atom stereocenters. The minimum absolute atomic E-state index is 0.113. The van der Waals surface area contributed by atoms with Crippen molar-refractivity contribution in [1.29, 1.82) is 0 Å². The summed E-state index contributed by atoms with van der Waals surface area (Å²) in [4.78, 5) is 37.0. The van der Waals surface area contributed by atoms with Gasteiger partial charge in [-0.15, -0.1) is 0 Å². The standard InChI is InChI=1S/C17H21N5O3/c1-21(2)16(24)11-18-17(25)13-10-14(22(3)20-13)19-15(23)9-12-7-5-4-6-8-12/h4-8,10H,9,11H2,1-3H3,(H,18,25)(H,19,23). The highest BCUT2D eigenvalue weighted by molar-refractivity contribution is 5.97. The van der Waals surface area contributed by atoms with Gasteiger partial charge >= 0.3 is 0 Å². The van der Waals surface area contributed by atoms with Crippen molar-refractivity contribution >= 4 is 23.5 Å². The van der Waals surface area contributed by atoms with Crippen molar-refractivity contribution in [2.24, 2.45) is 7.05 Å². The van der Waals surface area contributed by atoms with Crippen molar-refractivity contribution in [3.8, 4) is 0 Å². The SMILES string of the molecule is CN(C)C(=O)CNC(=O)c1cc(NC(=O)Cc2ccccc2)n(C)n1. The van der Waals surface area contributed by atoms with Crippen molar-refractivity contribution in [1.82, 2.24) is 20.0 Å². The Kier molecular flexibility index (Phi) is 5.89. The van der Waals surface area contributed by atoms with Crippen molar-refractivity contribution in [2.75, 3.05) is 26.0 Å². The number of likely N-dealkylation sites (N-methyl/N-ethyl adjacent to an activating group) is 1. The first kappa shape index (κ1) is 18.2. The largest absolute Gasteiger partial charge is 0.347 e. The van der Waals surface area contributed by atoms with Gasteiger partial charge in [-0.25, -0.2) is 0 Å². The summed E-state index contributed by atoms with van der Waals surface area (Å²) >= 11 is 0. The second-order valence-corrected chi connectivity index (χ2v) is 5.72. The normalized spacial score (nSPS) is 10.2. The van der Waals surface area contributed by atoms with Gasteiger partial charge in [-0.1, -0.05) is 30.3 Å². The fraction of sp³-hybridized carbons (Fsp3) is 0.294. The van der Waals surface area contributed by atoms with E-state index in [1.165, 1.54) is 15.6 Å². The maximum atomic E-state index is 12.1. The highest BCUT2D eigenvalue weighted by Crippen LogP contribution is 2.10. The maximum Gasteiger partial charge on any atom is 0.272 e. The lowest BCUT2D eigenvalue weighted by molar-refractivity contribution is -0.127. The quantitative estimate of drug-likeness (QED) is 0.794. The number of carbonyl (C=O) groups is 3. The Bertz CT molecular complexity index is 768. The molecule has 2 rings (SSSR count). The molecule has 3 amide bonds. The number of nitrogens with one attached hydrogen (secondary N) is 2. The third-order valence-corrected chi connectivity index (χ3v) is 3.49. The van der Waals surface area contributed by atoms with Crippen molar-refractivity contribution in [3.05, 3.63) is 47.7 Å². The van der Waals surface area contributed by atoms with Gasteiger partial charge in [-0.3, -0.25) is 19.1 Å². The first-order chi connectivity index (χ1) is 11.9. The fourth-order valence-corrected chi connectivity index (χ4v) is 2.07. The Morgan fingerprint density at radius 2 is 1.84 bits per heavy atom. The van der Waals surface area contributed by atoms with Crippen molar-refractivity contribution in [3.63, 3.8) is 0 Å². The highest BCUT2D eigenvalue weighted by Gasteiger charge is 2.15. The lowest BCUT2D eigenvalue weighted by Gasteiger charge is -2.09. The number of rotatable bonds is 6. The average molecular weight is 343 g/mol. The number of aryl methyl sites for hydroxylation is 1. The van der Waals surface area contributed by atoms with Crippen LogP contribution in [0.4, 0.5) is 5.82 Å². The van der Waals surface area contributed by atoms with Crippen LogP contribution in [0.5, 0.6) is 0 Å². The van der Waals surface area contributed by atoms with Gasteiger partial charge in [-0.05, 0) is 5.56 Å². The number of hydrogen-bond acceptors (Lipinski definition) is 4. The molecule has 0 atom stereocenters. The number of carbonyl (C=O) groups excluding carboxylic acids is 3. The summed E-state index contributed by atoms with van der Waals surface area (Å²) in [5.74, 6) is -0.496. The van der Waals surface area contributed by atoms with Crippen LogP contribution in [0, 0.1) is 0 Å². The van der Waals surface area contributed by atoms with Gasteiger partial charge in [0.2, 0.25) is 11.8 Å². The maximum absolute atomic E-state index is 12.1. The lowest BCUT2D eigenvalue weighted by atomic mass is 10.1.